The molecular formula is C29H28N4OS. The molecule has 0 amide bonds. The summed E-state index contributed by atoms with van der Waals surface area (Å²) in [6.45, 7) is 4.46. The Balaban J connectivity index is 1.39. The van der Waals surface area contributed by atoms with Crippen LogP contribution in [0.5, 0.6) is 11.5 Å². The number of para-hydroxylation sites is 1. The van der Waals surface area contributed by atoms with Crippen LogP contribution >= 0.6 is 12.2 Å². The van der Waals surface area contributed by atoms with Gasteiger partial charge in [0.2, 0.25) is 0 Å². The zero-order valence-corrected chi connectivity index (χ0v) is 20.7. The number of benzene rings is 2. The Bertz CT molecular complexity index is 1350. The summed E-state index contributed by atoms with van der Waals surface area (Å²) in [4.78, 5) is 6.93. The molecule has 4 aromatic rings. The number of hydrogen-bond donors (Lipinski definition) is 1. The molecule has 3 heterocycles. The fourth-order valence-electron chi connectivity index (χ4n) is 5.25. The van der Waals surface area contributed by atoms with Gasteiger partial charge in [-0.15, -0.1) is 0 Å². The monoisotopic (exact) mass is 480 g/mol. The van der Waals surface area contributed by atoms with Crippen molar-refractivity contribution in [3.05, 3.63) is 108 Å². The van der Waals surface area contributed by atoms with Crippen molar-refractivity contribution in [1.82, 2.24) is 14.9 Å². The van der Waals surface area contributed by atoms with Gasteiger partial charge < -0.3 is 19.5 Å². The first-order valence-corrected chi connectivity index (χ1v) is 12.5. The van der Waals surface area contributed by atoms with Crippen molar-refractivity contribution < 1.29 is 4.74 Å². The first-order chi connectivity index (χ1) is 17.1. The molecule has 35 heavy (non-hydrogen) atoms. The van der Waals surface area contributed by atoms with Crippen LogP contribution in [0, 0.1) is 13.8 Å². The fraction of sp³-hybridized carbons (Fsp3) is 0.241. The second kappa shape index (κ2) is 8.86. The van der Waals surface area contributed by atoms with Crippen molar-refractivity contribution in [2.75, 3.05) is 4.90 Å². The van der Waals surface area contributed by atoms with Gasteiger partial charge in [-0.05, 0) is 99.1 Å². The first-order valence-electron chi connectivity index (χ1n) is 12.1. The molecule has 0 radical (unpaired) electrons. The topological polar surface area (TPSA) is 42.3 Å². The van der Waals surface area contributed by atoms with E-state index in [9.17, 15) is 0 Å². The molecule has 1 aliphatic carbocycles. The Morgan fingerprint density at radius 2 is 1.63 bits per heavy atom. The van der Waals surface area contributed by atoms with Crippen molar-refractivity contribution in [2.45, 2.75) is 44.8 Å². The van der Waals surface area contributed by atoms with Crippen LogP contribution in [0.4, 0.5) is 5.69 Å². The summed E-state index contributed by atoms with van der Waals surface area (Å²) in [6.07, 6.45) is 4.36. The van der Waals surface area contributed by atoms with Gasteiger partial charge in [-0.1, -0.05) is 24.3 Å². The van der Waals surface area contributed by atoms with Crippen LogP contribution in [0.15, 0.2) is 85.1 Å². The molecule has 1 N–H and O–H groups in total. The zero-order chi connectivity index (χ0) is 23.9. The number of aryl methyl sites for hydroxylation is 1. The van der Waals surface area contributed by atoms with E-state index in [4.69, 9.17) is 21.9 Å². The molecule has 2 aromatic heterocycles. The van der Waals surface area contributed by atoms with Crippen LogP contribution < -0.4 is 15.0 Å². The SMILES string of the molecule is Cc1cc(C2C(c3ccccn3)NC(=S)N2c2ccc(Oc3ccccc3)cc2)c(C)n1C1CC1. The molecular weight excluding hydrogens is 452 g/mol. The van der Waals surface area contributed by atoms with Crippen LogP contribution in [-0.2, 0) is 0 Å². The lowest BCUT2D eigenvalue weighted by Crippen LogP contribution is -2.29. The van der Waals surface area contributed by atoms with Gasteiger partial charge in [-0.2, -0.15) is 0 Å². The molecule has 2 fully saturated rings. The van der Waals surface area contributed by atoms with Crippen molar-refractivity contribution in [1.29, 1.82) is 0 Å². The standard InChI is InChI=1S/C29H28N4OS/c1-19-18-25(20(2)32(19)21-11-12-21)28-27(26-10-6-7-17-30-26)31-29(35)33(28)22-13-15-24(16-14-22)34-23-8-4-3-5-9-23/h3-10,13-18,21,27-28H,11-12H2,1-2H3,(H,31,35). The molecule has 176 valence electrons. The number of nitrogens with zero attached hydrogens (tertiary/aromatic N) is 3. The molecule has 5 nitrogen and oxygen atoms in total. The second-order valence-electron chi connectivity index (χ2n) is 9.33. The zero-order valence-electron chi connectivity index (χ0n) is 19.9. The summed E-state index contributed by atoms with van der Waals surface area (Å²) in [5.41, 5.74) is 5.94. The third-order valence-electron chi connectivity index (χ3n) is 6.95. The van der Waals surface area contributed by atoms with E-state index < -0.39 is 0 Å². The van der Waals surface area contributed by atoms with Gasteiger partial charge in [0.1, 0.15) is 11.5 Å². The first kappa shape index (κ1) is 21.9. The molecule has 2 atom stereocenters. The molecule has 2 aromatic carbocycles. The van der Waals surface area contributed by atoms with Crippen molar-refractivity contribution in [2.24, 2.45) is 0 Å². The summed E-state index contributed by atoms with van der Waals surface area (Å²) in [5, 5.41) is 4.28. The quantitative estimate of drug-likeness (QED) is 0.307. The van der Waals surface area contributed by atoms with Crippen LogP contribution in [0.25, 0.3) is 0 Å². The number of pyridine rings is 1. The highest BCUT2D eigenvalue weighted by molar-refractivity contribution is 7.80. The molecule has 6 rings (SSSR count). The Labute approximate surface area is 211 Å². The highest BCUT2D eigenvalue weighted by atomic mass is 32.1. The number of hydrogen-bond acceptors (Lipinski definition) is 3. The molecule has 0 bridgehead atoms. The number of rotatable bonds is 6. The van der Waals surface area contributed by atoms with E-state index in [0.29, 0.717) is 11.2 Å². The third-order valence-corrected chi connectivity index (χ3v) is 7.26. The minimum atomic E-state index is -0.0444. The lowest BCUT2D eigenvalue weighted by Gasteiger charge is -2.28. The van der Waals surface area contributed by atoms with Gasteiger partial charge in [0.05, 0.1) is 17.8 Å². The maximum Gasteiger partial charge on any atom is 0.174 e. The number of ether oxygens (including phenoxy) is 1. The highest BCUT2D eigenvalue weighted by Crippen LogP contribution is 2.46. The lowest BCUT2D eigenvalue weighted by molar-refractivity contribution is 0.482. The van der Waals surface area contributed by atoms with E-state index in [1.54, 1.807) is 0 Å². The van der Waals surface area contributed by atoms with Crippen LogP contribution in [-0.4, -0.2) is 14.7 Å². The van der Waals surface area contributed by atoms with Gasteiger partial charge >= 0.3 is 0 Å². The number of thiocarbonyl (C=S) groups is 1. The molecule has 0 spiro atoms. The third kappa shape index (κ3) is 4.08. The minimum Gasteiger partial charge on any atom is -0.457 e. The van der Waals surface area contributed by atoms with E-state index in [2.05, 4.69) is 52.9 Å². The Hall–Kier alpha value is -3.64. The molecule has 1 saturated carbocycles. The summed E-state index contributed by atoms with van der Waals surface area (Å²) < 4.78 is 8.52. The summed E-state index contributed by atoms with van der Waals surface area (Å²) in [6, 6.07) is 27.0. The maximum atomic E-state index is 6.02. The fourth-order valence-corrected chi connectivity index (χ4v) is 5.59. The van der Waals surface area contributed by atoms with E-state index in [0.717, 1.165) is 22.9 Å². The van der Waals surface area contributed by atoms with Gasteiger partial charge in [0.25, 0.3) is 0 Å². The molecule has 6 heteroatoms. The number of anilines is 1. The molecule has 2 unspecified atom stereocenters. The normalized spacial score (nSPS) is 19.6. The summed E-state index contributed by atoms with van der Waals surface area (Å²) in [5.74, 6) is 1.61. The van der Waals surface area contributed by atoms with Gasteiger partial charge in [0, 0.05) is 29.3 Å². The largest absolute Gasteiger partial charge is 0.457 e. The summed E-state index contributed by atoms with van der Waals surface area (Å²) in [7, 11) is 0. The number of nitrogens with one attached hydrogen (secondary N) is 1. The molecule has 1 saturated heterocycles. The van der Waals surface area contributed by atoms with E-state index >= 15 is 0 Å². The second-order valence-corrected chi connectivity index (χ2v) is 9.72. The highest BCUT2D eigenvalue weighted by Gasteiger charge is 2.43. The molecule has 2 aliphatic rings. The Morgan fingerprint density at radius 1 is 0.914 bits per heavy atom. The average Bonchev–Trinajstić information content (AvgIpc) is 3.59. The van der Waals surface area contributed by atoms with E-state index in [1.807, 2.05) is 60.8 Å². The van der Waals surface area contributed by atoms with Gasteiger partial charge in [-0.25, -0.2) is 0 Å². The Morgan fingerprint density at radius 3 is 2.31 bits per heavy atom. The minimum absolute atomic E-state index is 0.00279. The smallest absolute Gasteiger partial charge is 0.174 e. The van der Waals surface area contributed by atoms with Crippen LogP contribution in [0.2, 0.25) is 0 Å². The van der Waals surface area contributed by atoms with E-state index in [1.165, 1.54) is 29.8 Å². The average molecular weight is 481 g/mol. The van der Waals surface area contributed by atoms with E-state index in [-0.39, 0.29) is 12.1 Å². The summed E-state index contributed by atoms with van der Waals surface area (Å²) >= 11 is 5.91. The van der Waals surface area contributed by atoms with Gasteiger partial charge in [0.15, 0.2) is 5.11 Å². The van der Waals surface area contributed by atoms with Crippen molar-refractivity contribution in [3.63, 3.8) is 0 Å². The van der Waals surface area contributed by atoms with Crippen molar-refractivity contribution in [3.8, 4) is 11.5 Å². The predicted octanol–water partition coefficient (Wildman–Crippen LogP) is 6.80. The van der Waals surface area contributed by atoms with Crippen LogP contribution in [0.1, 0.15) is 53.6 Å². The number of aromatic nitrogens is 2. The predicted molar refractivity (Wildman–Crippen MR) is 143 cm³/mol. The molecule has 1 aliphatic heterocycles. The lowest BCUT2D eigenvalue weighted by atomic mass is 9.96. The van der Waals surface area contributed by atoms with Gasteiger partial charge in [-0.3, -0.25) is 4.98 Å². The van der Waals surface area contributed by atoms with Crippen LogP contribution in [0.3, 0.4) is 0 Å². The Kier molecular flexibility index (Phi) is 5.53. The maximum absolute atomic E-state index is 6.02. The van der Waals surface area contributed by atoms with Crippen molar-refractivity contribution >= 4 is 23.0 Å².